The molecule has 0 aliphatic heterocycles. The van der Waals surface area contributed by atoms with Crippen LogP contribution in [0.2, 0.25) is 0 Å². The number of hydrogen-bond donors (Lipinski definition) is 2. The first-order valence-corrected chi connectivity index (χ1v) is 19.2. The highest BCUT2D eigenvalue weighted by molar-refractivity contribution is 6.06. The SMILES string of the molecule is CCCCCCCCCCCCCC=CC(O)C(CO)C(=O)CCCCCCCCCC=Cc1c2ccccc2cc2ccccc12. The third-order valence-corrected chi connectivity index (χ3v) is 9.72. The molecule has 0 bridgehead atoms. The van der Waals surface area contributed by atoms with Gasteiger partial charge in [0.1, 0.15) is 5.78 Å². The third kappa shape index (κ3) is 14.9. The van der Waals surface area contributed by atoms with Gasteiger partial charge in [-0.1, -0.05) is 176 Å². The summed E-state index contributed by atoms with van der Waals surface area (Å²) in [5, 5.41) is 25.5. The minimum atomic E-state index is -0.881. The smallest absolute Gasteiger partial charge is 0.141 e. The van der Waals surface area contributed by atoms with Gasteiger partial charge in [0.15, 0.2) is 0 Å². The number of allylic oxidation sites excluding steroid dienone is 2. The van der Waals surface area contributed by atoms with Gasteiger partial charge in [0.05, 0.1) is 18.6 Å². The van der Waals surface area contributed by atoms with Crippen molar-refractivity contribution in [3.8, 4) is 0 Å². The topological polar surface area (TPSA) is 57.5 Å². The largest absolute Gasteiger partial charge is 0.396 e. The molecule has 0 fully saturated rings. The number of unbranched alkanes of at least 4 members (excludes halogenated alkanes) is 18. The molecular formula is C44H64O3. The Morgan fingerprint density at radius 3 is 1.64 bits per heavy atom. The Bertz CT molecular complexity index is 1270. The van der Waals surface area contributed by atoms with E-state index in [2.05, 4.69) is 73.7 Å². The highest BCUT2D eigenvalue weighted by Crippen LogP contribution is 2.29. The molecule has 0 radical (unpaired) electrons. The van der Waals surface area contributed by atoms with Crippen LogP contribution in [0.15, 0.2) is 72.8 Å². The molecule has 0 saturated heterocycles. The second-order valence-electron chi connectivity index (χ2n) is 13.6. The summed E-state index contributed by atoms with van der Waals surface area (Å²) < 4.78 is 0. The van der Waals surface area contributed by atoms with Crippen LogP contribution in [0.4, 0.5) is 0 Å². The molecule has 2 unspecified atom stereocenters. The molecule has 0 aliphatic carbocycles. The van der Waals surface area contributed by atoms with E-state index in [1.165, 1.54) is 117 Å². The van der Waals surface area contributed by atoms with Crippen LogP contribution < -0.4 is 0 Å². The van der Waals surface area contributed by atoms with Crippen molar-refractivity contribution < 1.29 is 15.0 Å². The van der Waals surface area contributed by atoms with Crippen LogP contribution in [-0.2, 0) is 4.79 Å². The number of carbonyl (C=O) groups excluding carboxylic acids is 1. The van der Waals surface area contributed by atoms with E-state index in [4.69, 9.17) is 0 Å². The highest BCUT2D eigenvalue weighted by Gasteiger charge is 2.23. The molecule has 0 aliphatic rings. The fraction of sp³-hybridized carbons (Fsp3) is 0.568. The molecular weight excluding hydrogens is 576 g/mol. The van der Waals surface area contributed by atoms with Crippen LogP contribution in [0.25, 0.3) is 27.6 Å². The first-order valence-electron chi connectivity index (χ1n) is 19.2. The van der Waals surface area contributed by atoms with Crippen molar-refractivity contribution in [2.75, 3.05) is 6.61 Å². The van der Waals surface area contributed by atoms with Gasteiger partial charge in [0.2, 0.25) is 0 Å². The maximum atomic E-state index is 12.7. The molecule has 2 atom stereocenters. The second kappa shape index (κ2) is 24.4. The number of Topliss-reactive ketones (excluding diaryl/α,β-unsaturated/α-hetero) is 1. The Morgan fingerprint density at radius 1 is 0.638 bits per heavy atom. The Morgan fingerprint density at radius 2 is 1.11 bits per heavy atom. The maximum Gasteiger partial charge on any atom is 0.141 e. The number of benzene rings is 3. The number of carbonyl (C=O) groups is 1. The summed E-state index contributed by atoms with van der Waals surface area (Å²) >= 11 is 0. The summed E-state index contributed by atoms with van der Waals surface area (Å²) in [6.07, 6.45) is 32.3. The highest BCUT2D eigenvalue weighted by atomic mass is 16.3. The first-order chi connectivity index (χ1) is 23.2. The minimum Gasteiger partial charge on any atom is -0.396 e. The predicted molar refractivity (Wildman–Crippen MR) is 204 cm³/mol. The lowest BCUT2D eigenvalue weighted by molar-refractivity contribution is -0.127. The number of ketones is 1. The van der Waals surface area contributed by atoms with E-state index < -0.39 is 12.0 Å². The maximum absolute atomic E-state index is 12.7. The average molecular weight is 641 g/mol. The molecule has 2 N–H and O–H groups in total. The lowest BCUT2D eigenvalue weighted by Crippen LogP contribution is -2.30. The van der Waals surface area contributed by atoms with Crippen LogP contribution in [0.5, 0.6) is 0 Å². The summed E-state index contributed by atoms with van der Waals surface area (Å²) in [6.45, 7) is 1.98. The molecule has 3 nitrogen and oxygen atoms in total. The van der Waals surface area contributed by atoms with E-state index in [0.717, 1.165) is 38.5 Å². The minimum absolute atomic E-state index is 0.00916. The van der Waals surface area contributed by atoms with Crippen LogP contribution in [-0.4, -0.2) is 28.7 Å². The number of fused-ring (bicyclic) bond motifs is 2. The quantitative estimate of drug-likeness (QED) is 0.0495. The number of aliphatic hydroxyl groups is 2. The van der Waals surface area contributed by atoms with Crippen molar-refractivity contribution in [3.63, 3.8) is 0 Å². The normalized spacial score (nSPS) is 13.3. The summed E-state index contributed by atoms with van der Waals surface area (Å²) in [4.78, 5) is 12.7. The monoisotopic (exact) mass is 640 g/mol. The van der Waals surface area contributed by atoms with Crippen molar-refractivity contribution >= 4 is 33.4 Å². The predicted octanol–water partition coefficient (Wildman–Crippen LogP) is 12.3. The van der Waals surface area contributed by atoms with Gasteiger partial charge in [0, 0.05) is 6.42 Å². The summed E-state index contributed by atoms with van der Waals surface area (Å²) in [6, 6.07) is 19.6. The summed E-state index contributed by atoms with van der Waals surface area (Å²) in [7, 11) is 0. The van der Waals surface area contributed by atoms with Crippen molar-refractivity contribution in [2.24, 2.45) is 5.92 Å². The van der Waals surface area contributed by atoms with Crippen LogP contribution >= 0.6 is 0 Å². The van der Waals surface area contributed by atoms with Gasteiger partial charge in [-0.2, -0.15) is 0 Å². The van der Waals surface area contributed by atoms with Crippen LogP contribution in [0.1, 0.15) is 147 Å². The van der Waals surface area contributed by atoms with Gasteiger partial charge < -0.3 is 10.2 Å². The molecule has 0 spiro atoms. The van der Waals surface area contributed by atoms with E-state index in [-0.39, 0.29) is 12.4 Å². The standard InChI is InChI=1S/C44H64O3/c1-2-3-4-5-6-7-8-9-10-13-16-19-22-33-43(46)42(36-45)44(47)34-23-20-17-14-11-12-15-18-21-32-41-39-30-26-24-28-37(39)35-38-29-25-27-31-40(38)41/h21-22,24-33,35,42-43,45-46H,2-20,23,34,36H2,1H3. The molecule has 0 aromatic heterocycles. The molecule has 3 aromatic carbocycles. The molecule has 47 heavy (non-hydrogen) atoms. The second-order valence-corrected chi connectivity index (χ2v) is 13.6. The zero-order valence-corrected chi connectivity index (χ0v) is 29.5. The summed E-state index contributed by atoms with van der Waals surface area (Å²) in [5.41, 5.74) is 1.32. The Hall–Kier alpha value is -2.75. The Labute approximate surface area is 286 Å². The van der Waals surface area contributed by atoms with Gasteiger partial charge in [0.25, 0.3) is 0 Å². The molecule has 0 heterocycles. The lowest BCUT2D eigenvalue weighted by Gasteiger charge is -2.17. The average Bonchev–Trinajstić information content (AvgIpc) is 3.09. The zero-order valence-electron chi connectivity index (χ0n) is 29.5. The zero-order chi connectivity index (χ0) is 33.4. The lowest BCUT2D eigenvalue weighted by atomic mass is 9.93. The van der Waals surface area contributed by atoms with E-state index in [0.29, 0.717) is 6.42 Å². The van der Waals surface area contributed by atoms with Crippen molar-refractivity contribution in [2.45, 2.75) is 148 Å². The number of rotatable bonds is 27. The first kappa shape index (κ1) is 38.7. The van der Waals surface area contributed by atoms with E-state index in [1.54, 1.807) is 6.08 Å². The molecule has 3 heteroatoms. The molecule has 3 aromatic rings. The van der Waals surface area contributed by atoms with Gasteiger partial charge in [-0.15, -0.1) is 0 Å². The van der Waals surface area contributed by atoms with Crippen LogP contribution in [0.3, 0.4) is 0 Å². The molecule has 3 rings (SSSR count). The van der Waals surface area contributed by atoms with Crippen molar-refractivity contribution in [3.05, 3.63) is 78.4 Å². The molecule has 0 saturated carbocycles. The Kier molecular flexibility index (Phi) is 20.1. The summed E-state index contributed by atoms with van der Waals surface area (Å²) in [5.74, 6) is -0.700. The van der Waals surface area contributed by atoms with E-state index >= 15 is 0 Å². The van der Waals surface area contributed by atoms with Gasteiger partial charge in [-0.3, -0.25) is 4.79 Å². The van der Waals surface area contributed by atoms with Gasteiger partial charge in [-0.05, 0) is 65.3 Å². The molecule has 258 valence electrons. The fourth-order valence-electron chi connectivity index (χ4n) is 6.76. The van der Waals surface area contributed by atoms with E-state index in [1.807, 2.05) is 6.08 Å². The van der Waals surface area contributed by atoms with Gasteiger partial charge >= 0.3 is 0 Å². The number of aliphatic hydroxyl groups excluding tert-OH is 2. The van der Waals surface area contributed by atoms with E-state index in [9.17, 15) is 15.0 Å². The fourth-order valence-corrected chi connectivity index (χ4v) is 6.76. The molecule has 0 amide bonds. The van der Waals surface area contributed by atoms with Crippen LogP contribution in [0, 0.1) is 5.92 Å². The Balaban J connectivity index is 1.19. The van der Waals surface area contributed by atoms with Gasteiger partial charge in [-0.25, -0.2) is 0 Å². The van der Waals surface area contributed by atoms with Crippen molar-refractivity contribution in [1.29, 1.82) is 0 Å². The van der Waals surface area contributed by atoms with Crippen molar-refractivity contribution in [1.82, 2.24) is 0 Å². The third-order valence-electron chi connectivity index (χ3n) is 9.72. The number of hydrogen-bond acceptors (Lipinski definition) is 3.